The van der Waals surface area contributed by atoms with Crippen molar-refractivity contribution < 1.29 is 23.3 Å². The molecule has 134 valence electrons. The van der Waals surface area contributed by atoms with Crippen molar-refractivity contribution >= 4 is 11.6 Å². The van der Waals surface area contributed by atoms with Gasteiger partial charge >= 0.3 is 0 Å². The van der Waals surface area contributed by atoms with Crippen molar-refractivity contribution in [2.45, 2.75) is 0 Å². The van der Waals surface area contributed by atoms with Crippen LogP contribution in [-0.4, -0.2) is 45.1 Å². The van der Waals surface area contributed by atoms with Crippen molar-refractivity contribution in [3.8, 4) is 22.8 Å². The third kappa shape index (κ3) is 4.81. The molecule has 0 radical (unpaired) electrons. The van der Waals surface area contributed by atoms with Gasteiger partial charge in [0.05, 0.1) is 46.3 Å². The highest BCUT2D eigenvalue weighted by atomic mass is 35.5. The number of halogens is 2. The monoisotopic (exact) mass is 367 g/mol. The number of aromatic nitrogens is 1. The summed E-state index contributed by atoms with van der Waals surface area (Å²) >= 11 is 6.17. The SMILES string of the molecule is COc1cc(-c2cc(Cl)cc(OCC3COCCOC3)c2)c(F)cn1. The van der Waals surface area contributed by atoms with Crippen LogP contribution in [0.1, 0.15) is 0 Å². The molecule has 1 fully saturated rings. The van der Waals surface area contributed by atoms with Crippen LogP contribution in [0.2, 0.25) is 5.02 Å². The van der Waals surface area contributed by atoms with Crippen LogP contribution in [0.25, 0.3) is 11.1 Å². The van der Waals surface area contributed by atoms with Gasteiger partial charge in [-0.05, 0) is 23.8 Å². The van der Waals surface area contributed by atoms with Crippen molar-refractivity contribution in [3.05, 3.63) is 41.3 Å². The summed E-state index contributed by atoms with van der Waals surface area (Å²) in [5.74, 6) is 0.566. The number of pyridine rings is 1. The molecule has 0 aliphatic carbocycles. The van der Waals surface area contributed by atoms with E-state index in [0.29, 0.717) is 60.8 Å². The molecule has 1 saturated heterocycles. The van der Waals surface area contributed by atoms with Gasteiger partial charge in [-0.25, -0.2) is 9.37 Å². The Morgan fingerprint density at radius 3 is 2.68 bits per heavy atom. The molecule has 0 unspecified atom stereocenters. The largest absolute Gasteiger partial charge is 0.493 e. The fourth-order valence-electron chi connectivity index (χ4n) is 2.53. The lowest BCUT2D eigenvalue weighted by atomic mass is 10.1. The van der Waals surface area contributed by atoms with Gasteiger partial charge in [0.2, 0.25) is 5.88 Å². The van der Waals surface area contributed by atoms with E-state index >= 15 is 0 Å². The summed E-state index contributed by atoms with van der Waals surface area (Å²) < 4.78 is 35.9. The minimum absolute atomic E-state index is 0.141. The van der Waals surface area contributed by atoms with E-state index in [4.69, 9.17) is 30.5 Å². The molecule has 0 saturated carbocycles. The van der Waals surface area contributed by atoms with Gasteiger partial charge in [-0.2, -0.15) is 0 Å². The molecule has 0 N–H and O–H groups in total. The minimum Gasteiger partial charge on any atom is -0.493 e. The fourth-order valence-corrected chi connectivity index (χ4v) is 2.76. The zero-order chi connectivity index (χ0) is 17.6. The van der Waals surface area contributed by atoms with Crippen LogP contribution in [0.15, 0.2) is 30.5 Å². The van der Waals surface area contributed by atoms with Crippen molar-refractivity contribution in [1.29, 1.82) is 0 Å². The number of rotatable bonds is 5. The van der Waals surface area contributed by atoms with E-state index in [1.807, 2.05) is 0 Å². The Labute approximate surface area is 150 Å². The van der Waals surface area contributed by atoms with Crippen LogP contribution in [0, 0.1) is 11.7 Å². The lowest BCUT2D eigenvalue weighted by Crippen LogP contribution is -2.20. The predicted molar refractivity (Wildman–Crippen MR) is 91.8 cm³/mol. The van der Waals surface area contributed by atoms with Crippen molar-refractivity contribution in [2.24, 2.45) is 5.92 Å². The van der Waals surface area contributed by atoms with E-state index in [-0.39, 0.29) is 5.92 Å². The molecule has 0 spiro atoms. The molecule has 0 atom stereocenters. The molecule has 1 aromatic carbocycles. The normalized spacial score (nSPS) is 15.6. The summed E-state index contributed by atoms with van der Waals surface area (Å²) in [6.45, 7) is 2.80. The standard InChI is InChI=1S/C18H19ClFNO4/c1-22-18-7-16(17(20)8-21-18)13-4-14(19)6-15(5-13)25-11-12-9-23-2-3-24-10-12/h4-8,12H,2-3,9-11H2,1H3. The van der Waals surface area contributed by atoms with Crippen LogP contribution < -0.4 is 9.47 Å². The van der Waals surface area contributed by atoms with Crippen LogP contribution in [0.4, 0.5) is 4.39 Å². The van der Waals surface area contributed by atoms with Crippen molar-refractivity contribution in [3.63, 3.8) is 0 Å². The molecule has 1 aliphatic heterocycles. The van der Waals surface area contributed by atoms with Gasteiger partial charge in [0, 0.05) is 22.6 Å². The summed E-state index contributed by atoms with van der Waals surface area (Å²) in [6.07, 6.45) is 1.12. The Kier molecular flexibility index (Phi) is 6.07. The minimum atomic E-state index is -0.459. The van der Waals surface area contributed by atoms with Gasteiger partial charge in [-0.3, -0.25) is 0 Å². The predicted octanol–water partition coefficient (Wildman–Crippen LogP) is 3.59. The fraction of sp³-hybridized carbons (Fsp3) is 0.389. The molecule has 25 heavy (non-hydrogen) atoms. The molecule has 2 aromatic rings. The Hall–Kier alpha value is -1.89. The lowest BCUT2D eigenvalue weighted by Gasteiger charge is -2.15. The summed E-state index contributed by atoms with van der Waals surface area (Å²) in [7, 11) is 1.48. The number of nitrogens with zero attached hydrogens (tertiary/aromatic N) is 1. The summed E-state index contributed by atoms with van der Waals surface area (Å²) in [5, 5.41) is 0.455. The van der Waals surface area contributed by atoms with Gasteiger partial charge in [0.25, 0.3) is 0 Å². The van der Waals surface area contributed by atoms with E-state index in [2.05, 4.69) is 4.98 Å². The molecule has 3 rings (SSSR count). The van der Waals surface area contributed by atoms with Gasteiger partial charge < -0.3 is 18.9 Å². The zero-order valence-corrected chi connectivity index (χ0v) is 14.6. The van der Waals surface area contributed by atoms with Crippen LogP contribution in [0.5, 0.6) is 11.6 Å². The summed E-state index contributed by atoms with van der Waals surface area (Å²) in [6, 6.07) is 6.63. The number of hydrogen-bond acceptors (Lipinski definition) is 5. The molecule has 2 heterocycles. The maximum absolute atomic E-state index is 14.1. The smallest absolute Gasteiger partial charge is 0.213 e. The Balaban J connectivity index is 1.78. The molecular weight excluding hydrogens is 349 g/mol. The Bertz CT molecular complexity index is 720. The average Bonchev–Trinajstić information content (AvgIpc) is 2.89. The number of benzene rings is 1. The average molecular weight is 368 g/mol. The Morgan fingerprint density at radius 1 is 1.20 bits per heavy atom. The molecule has 0 amide bonds. The maximum Gasteiger partial charge on any atom is 0.213 e. The van der Waals surface area contributed by atoms with E-state index in [1.165, 1.54) is 13.2 Å². The van der Waals surface area contributed by atoms with E-state index < -0.39 is 5.82 Å². The summed E-state index contributed by atoms with van der Waals surface area (Å²) in [5.41, 5.74) is 0.939. The zero-order valence-electron chi connectivity index (χ0n) is 13.8. The molecule has 1 aliphatic rings. The first-order valence-corrected chi connectivity index (χ1v) is 8.32. The Morgan fingerprint density at radius 2 is 1.96 bits per heavy atom. The molecule has 5 nitrogen and oxygen atoms in total. The second-order valence-corrected chi connectivity index (χ2v) is 6.15. The highest BCUT2D eigenvalue weighted by Crippen LogP contribution is 2.31. The van der Waals surface area contributed by atoms with E-state index in [0.717, 1.165) is 6.20 Å². The second kappa shape index (κ2) is 8.47. The highest BCUT2D eigenvalue weighted by Gasteiger charge is 2.15. The quantitative estimate of drug-likeness (QED) is 0.808. The van der Waals surface area contributed by atoms with Crippen LogP contribution >= 0.6 is 11.6 Å². The number of methoxy groups -OCH3 is 1. The third-order valence-electron chi connectivity index (χ3n) is 3.79. The van der Waals surface area contributed by atoms with Gasteiger partial charge in [-0.1, -0.05) is 11.6 Å². The topological polar surface area (TPSA) is 49.8 Å². The number of hydrogen-bond donors (Lipinski definition) is 0. The van der Waals surface area contributed by atoms with E-state index in [9.17, 15) is 4.39 Å². The van der Waals surface area contributed by atoms with Gasteiger partial charge in [0.15, 0.2) is 0 Å². The first kappa shape index (κ1) is 17.9. The van der Waals surface area contributed by atoms with Crippen LogP contribution in [-0.2, 0) is 9.47 Å². The first-order valence-electron chi connectivity index (χ1n) is 7.94. The molecule has 7 heteroatoms. The first-order chi connectivity index (χ1) is 12.2. The van der Waals surface area contributed by atoms with Crippen LogP contribution in [0.3, 0.4) is 0 Å². The summed E-state index contributed by atoms with van der Waals surface area (Å²) in [4.78, 5) is 3.84. The molecule has 0 bridgehead atoms. The second-order valence-electron chi connectivity index (χ2n) is 5.71. The number of ether oxygens (including phenoxy) is 4. The highest BCUT2D eigenvalue weighted by molar-refractivity contribution is 6.31. The van der Waals surface area contributed by atoms with E-state index in [1.54, 1.807) is 18.2 Å². The molecule has 1 aromatic heterocycles. The van der Waals surface area contributed by atoms with Crippen molar-refractivity contribution in [1.82, 2.24) is 4.98 Å². The molecular formula is C18H19ClFNO4. The van der Waals surface area contributed by atoms with Gasteiger partial charge in [-0.15, -0.1) is 0 Å². The lowest BCUT2D eigenvalue weighted by molar-refractivity contribution is 0.101. The third-order valence-corrected chi connectivity index (χ3v) is 4.00. The maximum atomic E-state index is 14.1. The van der Waals surface area contributed by atoms with Crippen molar-refractivity contribution in [2.75, 3.05) is 40.1 Å². The van der Waals surface area contributed by atoms with Gasteiger partial charge in [0.1, 0.15) is 11.6 Å².